The average Bonchev–Trinajstić information content (AvgIpc) is 3.05. The number of rotatable bonds is 4. The fourth-order valence-electron chi connectivity index (χ4n) is 4.57. The Kier molecular flexibility index (Phi) is 4.33. The van der Waals surface area contributed by atoms with Crippen molar-refractivity contribution in [3.8, 4) is 0 Å². The predicted molar refractivity (Wildman–Crippen MR) is 89.4 cm³/mol. The molecule has 3 atom stereocenters. The highest BCUT2D eigenvalue weighted by molar-refractivity contribution is 5.96. The molecule has 2 aliphatic carbocycles. The van der Waals surface area contributed by atoms with E-state index in [1.54, 1.807) is 17.0 Å². The second-order valence-corrected chi connectivity index (χ2v) is 7.55. The monoisotopic (exact) mass is 330 g/mol. The number of carbonyl (C=O) groups excluding carboxylic acids is 2. The molecule has 1 aliphatic heterocycles. The molecule has 4 rings (SSSR count). The topological polar surface area (TPSA) is 62.6 Å². The molecule has 5 nitrogen and oxygen atoms in total. The van der Waals surface area contributed by atoms with Gasteiger partial charge in [-0.3, -0.25) is 9.59 Å². The number of amides is 2. The number of furan rings is 1. The van der Waals surface area contributed by atoms with Crippen LogP contribution in [0.4, 0.5) is 0 Å². The van der Waals surface area contributed by atoms with Gasteiger partial charge in [0.1, 0.15) is 6.04 Å². The minimum absolute atomic E-state index is 0.0238. The van der Waals surface area contributed by atoms with Crippen molar-refractivity contribution in [3.05, 3.63) is 24.2 Å². The van der Waals surface area contributed by atoms with Crippen LogP contribution in [0.5, 0.6) is 0 Å². The van der Waals surface area contributed by atoms with Gasteiger partial charge in [0.25, 0.3) is 5.91 Å². The molecular weight excluding hydrogens is 304 g/mol. The predicted octanol–water partition coefficient (Wildman–Crippen LogP) is 2.97. The van der Waals surface area contributed by atoms with Crippen molar-refractivity contribution in [3.63, 3.8) is 0 Å². The van der Waals surface area contributed by atoms with Gasteiger partial charge in [-0.05, 0) is 43.2 Å². The quantitative estimate of drug-likeness (QED) is 0.923. The van der Waals surface area contributed by atoms with Crippen molar-refractivity contribution in [2.45, 2.75) is 63.5 Å². The molecule has 1 aromatic heterocycles. The van der Waals surface area contributed by atoms with E-state index in [2.05, 4.69) is 5.32 Å². The van der Waals surface area contributed by atoms with Crippen molar-refractivity contribution >= 4 is 11.8 Å². The lowest BCUT2D eigenvalue weighted by Crippen LogP contribution is -2.46. The van der Waals surface area contributed by atoms with E-state index < -0.39 is 0 Å². The molecule has 3 aliphatic rings. The lowest BCUT2D eigenvalue weighted by molar-refractivity contribution is -0.125. The fourth-order valence-corrected chi connectivity index (χ4v) is 4.57. The van der Waals surface area contributed by atoms with Crippen LogP contribution in [0.15, 0.2) is 22.8 Å². The molecule has 0 radical (unpaired) electrons. The van der Waals surface area contributed by atoms with Crippen LogP contribution in [0.2, 0.25) is 0 Å². The molecule has 2 saturated carbocycles. The normalized spacial score (nSPS) is 30.3. The van der Waals surface area contributed by atoms with Gasteiger partial charge in [0.05, 0.1) is 6.26 Å². The van der Waals surface area contributed by atoms with Gasteiger partial charge in [-0.1, -0.05) is 32.1 Å². The lowest BCUT2D eigenvalue weighted by Gasteiger charge is -2.24. The molecule has 1 saturated heterocycles. The SMILES string of the molecule is O=C(N[C@@H]1C[C@@H]1C1CCCCC1)[C@H]1CCCN1C(=O)c1ccco1. The third-order valence-corrected chi connectivity index (χ3v) is 5.97. The molecule has 130 valence electrons. The van der Waals surface area contributed by atoms with Crippen LogP contribution in [0, 0.1) is 11.8 Å². The van der Waals surface area contributed by atoms with Gasteiger partial charge in [-0.15, -0.1) is 0 Å². The summed E-state index contributed by atoms with van der Waals surface area (Å²) in [6, 6.07) is 3.37. The van der Waals surface area contributed by atoms with Gasteiger partial charge in [0, 0.05) is 12.6 Å². The summed E-state index contributed by atoms with van der Waals surface area (Å²) in [5.74, 6) is 1.65. The molecule has 0 spiro atoms. The van der Waals surface area contributed by atoms with Crippen molar-refractivity contribution in [2.75, 3.05) is 6.54 Å². The molecule has 3 fully saturated rings. The molecule has 2 heterocycles. The molecule has 24 heavy (non-hydrogen) atoms. The van der Waals surface area contributed by atoms with Crippen LogP contribution in [-0.2, 0) is 4.79 Å². The van der Waals surface area contributed by atoms with Crippen molar-refractivity contribution in [2.24, 2.45) is 11.8 Å². The first-order valence-electron chi connectivity index (χ1n) is 9.39. The largest absolute Gasteiger partial charge is 0.459 e. The summed E-state index contributed by atoms with van der Waals surface area (Å²) in [4.78, 5) is 26.8. The smallest absolute Gasteiger partial charge is 0.290 e. The van der Waals surface area contributed by atoms with E-state index >= 15 is 0 Å². The number of carbonyl (C=O) groups is 2. The zero-order chi connectivity index (χ0) is 16.5. The second-order valence-electron chi connectivity index (χ2n) is 7.55. The Morgan fingerprint density at radius 1 is 1.12 bits per heavy atom. The standard InChI is InChI=1S/C19H26N2O3/c22-18(20-15-12-14(15)13-6-2-1-3-7-13)16-8-4-10-21(16)19(23)17-9-5-11-24-17/h5,9,11,13-16H,1-4,6-8,10,12H2,(H,20,22)/t14-,15-,16-/m1/s1. The maximum absolute atomic E-state index is 12.7. The Bertz CT molecular complexity index is 592. The summed E-state index contributed by atoms with van der Waals surface area (Å²) in [7, 11) is 0. The van der Waals surface area contributed by atoms with Crippen molar-refractivity contribution < 1.29 is 14.0 Å². The summed E-state index contributed by atoms with van der Waals surface area (Å²) in [6.45, 7) is 0.633. The Morgan fingerprint density at radius 2 is 1.96 bits per heavy atom. The first kappa shape index (κ1) is 15.7. The van der Waals surface area contributed by atoms with E-state index in [0.717, 1.165) is 25.2 Å². The highest BCUT2D eigenvalue weighted by Gasteiger charge is 2.45. The first-order chi connectivity index (χ1) is 11.7. The number of hydrogen-bond acceptors (Lipinski definition) is 3. The summed E-state index contributed by atoms with van der Waals surface area (Å²) in [5.41, 5.74) is 0. The molecule has 1 aromatic rings. The molecular formula is C19H26N2O3. The number of likely N-dealkylation sites (tertiary alicyclic amines) is 1. The summed E-state index contributed by atoms with van der Waals surface area (Å²) in [5, 5.41) is 3.21. The third kappa shape index (κ3) is 3.08. The Labute approximate surface area is 142 Å². The van der Waals surface area contributed by atoms with E-state index in [1.807, 2.05) is 0 Å². The lowest BCUT2D eigenvalue weighted by atomic mass is 9.85. The minimum atomic E-state index is -0.338. The highest BCUT2D eigenvalue weighted by atomic mass is 16.3. The summed E-state index contributed by atoms with van der Waals surface area (Å²) in [6.07, 6.45) is 10.9. The number of nitrogens with one attached hydrogen (secondary N) is 1. The van der Waals surface area contributed by atoms with Gasteiger partial charge in [0.2, 0.25) is 5.91 Å². The van der Waals surface area contributed by atoms with E-state index in [4.69, 9.17) is 4.42 Å². The molecule has 0 bridgehead atoms. The zero-order valence-corrected chi connectivity index (χ0v) is 14.1. The van der Waals surface area contributed by atoms with E-state index in [9.17, 15) is 9.59 Å². The molecule has 1 N–H and O–H groups in total. The zero-order valence-electron chi connectivity index (χ0n) is 14.1. The van der Waals surface area contributed by atoms with E-state index in [0.29, 0.717) is 24.3 Å². The molecule has 0 unspecified atom stereocenters. The first-order valence-corrected chi connectivity index (χ1v) is 9.39. The molecule has 0 aromatic carbocycles. The summed E-state index contributed by atoms with van der Waals surface area (Å²) < 4.78 is 5.20. The van der Waals surface area contributed by atoms with Crippen LogP contribution >= 0.6 is 0 Å². The van der Waals surface area contributed by atoms with Crippen molar-refractivity contribution in [1.29, 1.82) is 0 Å². The molecule has 5 heteroatoms. The van der Waals surface area contributed by atoms with Gasteiger partial charge in [-0.2, -0.15) is 0 Å². The van der Waals surface area contributed by atoms with Crippen LogP contribution in [0.3, 0.4) is 0 Å². The Balaban J connectivity index is 1.33. The Hall–Kier alpha value is -1.78. The second kappa shape index (κ2) is 6.61. The van der Waals surface area contributed by atoms with Crippen LogP contribution in [-0.4, -0.2) is 35.3 Å². The maximum Gasteiger partial charge on any atom is 0.290 e. The van der Waals surface area contributed by atoms with E-state index in [-0.39, 0.29) is 17.9 Å². The number of hydrogen-bond donors (Lipinski definition) is 1. The maximum atomic E-state index is 12.7. The third-order valence-electron chi connectivity index (χ3n) is 5.97. The van der Waals surface area contributed by atoms with Crippen LogP contribution in [0.1, 0.15) is 61.9 Å². The van der Waals surface area contributed by atoms with E-state index in [1.165, 1.54) is 38.4 Å². The van der Waals surface area contributed by atoms with Crippen molar-refractivity contribution in [1.82, 2.24) is 10.2 Å². The Morgan fingerprint density at radius 3 is 2.71 bits per heavy atom. The van der Waals surface area contributed by atoms with Gasteiger partial charge < -0.3 is 14.6 Å². The van der Waals surface area contributed by atoms with Gasteiger partial charge in [0.15, 0.2) is 5.76 Å². The van der Waals surface area contributed by atoms with Gasteiger partial charge >= 0.3 is 0 Å². The van der Waals surface area contributed by atoms with Crippen LogP contribution in [0.25, 0.3) is 0 Å². The van der Waals surface area contributed by atoms with Crippen LogP contribution < -0.4 is 5.32 Å². The summed E-state index contributed by atoms with van der Waals surface area (Å²) >= 11 is 0. The highest BCUT2D eigenvalue weighted by Crippen LogP contribution is 2.44. The van der Waals surface area contributed by atoms with Gasteiger partial charge in [-0.25, -0.2) is 0 Å². The molecule has 2 amide bonds. The fraction of sp³-hybridized carbons (Fsp3) is 0.684. The average molecular weight is 330 g/mol. The minimum Gasteiger partial charge on any atom is -0.459 e. The number of nitrogens with zero attached hydrogens (tertiary/aromatic N) is 1.